The highest BCUT2D eigenvalue weighted by Crippen LogP contribution is 2.38. The van der Waals surface area contributed by atoms with E-state index in [1.54, 1.807) is 25.8 Å². The highest BCUT2D eigenvalue weighted by molar-refractivity contribution is 7.80. The lowest BCUT2D eigenvalue weighted by atomic mass is 9.91. The summed E-state index contributed by atoms with van der Waals surface area (Å²) in [6, 6.07) is 4.09. The molecule has 1 aliphatic heterocycles. The summed E-state index contributed by atoms with van der Waals surface area (Å²) in [6.07, 6.45) is 4.86. The van der Waals surface area contributed by atoms with Crippen molar-refractivity contribution < 1.29 is 9.47 Å². The van der Waals surface area contributed by atoms with Gasteiger partial charge in [-0.2, -0.15) is 0 Å². The van der Waals surface area contributed by atoms with Crippen molar-refractivity contribution >= 4 is 17.3 Å². The minimum Gasteiger partial charge on any atom is -0.496 e. The Labute approximate surface area is 202 Å². The van der Waals surface area contributed by atoms with Gasteiger partial charge in [0.25, 0.3) is 5.56 Å². The zero-order valence-corrected chi connectivity index (χ0v) is 21.5. The van der Waals surface area contributed by atoms with Gasteiger partial charge in [0.15, 0.2) is 5.11 Å². The van der Waals surface area contributed by atoms with Crippen molar-refractivity contribution in [2.75, 3.05) is 41.4 Å². The van der Waals surface area contributed by atoms with Gasteiger partial charge in [0, 0.05) is 44.0 Å². The van der Waals surface area contributed by atoms with Crippen LogP contribution in [0.3, 0.4) is 0 Å². The second-order valence-electron chi connectivity index (χ2n) is 8.77. The molecule has 0 radical (unpaired) electrons. The Bertz CT molecular complexity index is 1040. The second-order valence-corrected chi connectivity index (χ2v) is 9.16. The van der Waals surface area contributed by atoms with E-state index in [0.717, 1.165) is 76.8 Å². The van der Waals surface area contributed by atoms with E-state index in [-0.39, 0.29) is 5.56 Å². The molecular weight excluding hydrogens is 436 g/mol. The molecule has 0 saturated carbocycles. The zero-order valence-electron chi connectivity index (χ0n) is 20.7. The molecule has 7 nitrogen and oxygen atoms in total. The normalized spacial score (nSPS) is 13.1. The van der Waals surface area contributed by atoms with E-state index in [1.165, 1.54) is 0 Å². The van der Waals surface area contributed by atoms with Crippen molar-refractivity contribution in [1.82, 2.24) is 19.7 Å². The highest BCUT2D eigenvalue weighted by Gasteiger charge is 2.25. The Morgan fingerprint density at radius 3 is 2.42 bits per heavy atom. The number of nitrogens with zero attached hydrogens (tertiary/aromatic N) is 3. The molecule has 1 aromatic carbocycles. The number of hydrogen-bond acceptors (Lipinski definition) is 5. The van der Waals surface area contributed by atoms with Crippen LogP contribution in [0.1, 0.15) is 36.5 Å². The molecule has 2 heterocycles. The monoisotopic (exact) mass is 472 g/mol. The molecule has 180 valence electrons. The Hall–Kier alpha value is -2.58. The van der Waals surface area contributed by atoms with Crippen LogP contribution in [0.4, 0.5) is 0 Å². The number of pyridine rings is 1. The summed E-state index contributed by atoms with van der Waals surface area (Å²) >= 11 is 5.60. The summed E-state index contributed by atoms with van der Waals surface area (Å²) < 4.78 is 13.1. The molecule has 0 unspecified atom stereocenters. The summed E-state index contributed by atoms with van der Waals surface area (Å²) in [6.45, 7) is 5.01. The molecular formula is C25H36N4O3S. The third kappa shape index (κ3) is 5.50. The van der Waals surface area contributed by atoms with Crippen LogP contribution < -0.4 is 20.3 Å². The number of aromatic nitrogens is 1. The molecule has 2 aromatic rings. The number of nitrogens with one attached hydrogen (secondary N) is 1. The lowest BCUT2D eigenvalue weighted by molar-refractivity contribution is 0.349. The first-order chi connectivity index (χ1) is 15.8. The van der Waals surface area contributed by atoms with E-state index in [0.29, 0.717) is 13.1 Å². The topological polar surface area (TPSA) is 59.0 Å². The molecule has 3 rings (SSSR count). The van der Waals surface area contributed by atoms with Gasteiger partial charge in [0.1, 0.15) is 11.5 Å². The standard InChI is InChI=1S/C25H36N4O3S/c1-7-8-10-26-25(33)29-11-9-18-19(15-28(4)24(30)20(18)16-29)17-12-22(31-5)21(14-27(2)3)23(13-17)32-6/h12-13,15H,7-11,14,16H2,1-6H3,(H,26,33). The number of benzene rings is 1. The number of thiocarbonyl (C=S) groups is 1. The Balaban J connectivity index is 2.03. The maximum atomic E-state index is 13.1. The van der Waals surface area contributed by atoms with Crippen LogP contribution in [0.2, 0.25) is 0 Å². The number of rotatable bonds is 8. The second kappa shape index (κ2) is 11.0. The van der Waals surface area contributed by atoms with Crippen molar-refractivity contribution in [3.63, 3.8) is 0 Å². The van der Waals surface area contributed by atoms with Gasteiger partial charge in [-0.25, -0.2) is 0 Å². The molecule has 0 bridgehead atoms. The summed E-state index contributed by atoms with van der Waals surface area (Å²) in [7, 11) is 9.20. The molecule has 0 aliphatic carbocycles. The number of unbranched alkanes of at least 4 members (excludes halogenated alkanes) is 1. The first-order valence-electron chi connectivity index (χ1n) is 11.4. The molecule has 1 N–H and O–H groups in total. The van der Waals surface area contributed by atoms with Crippen LogP contribution in [0.25, 0.3) is 11.1 Å². The number of ether oxygens (including phenoxy) is 2. The summed E-state index contributed by atoms with van der Waals surface area (Å²) in [4.78, 5) is 17.2. The highest BCUT2D eigenvalue weighted by atomic mass is 32.1. The molecule has 1 aliphatic rings. The molecule has 0 amide bonds. The van der Waals surface area contributed by atoms with Gasteiger partial charge in [-0.3, -0.25) is 4.79 Å². The number of fused-ring (bicyclic) bond motifs is 1. The van der Waals surface area contributed by atoms with E-state index < -0.39 is 0 Å². The largest absolute Gasteiger partial charge is 0.496 e. The van der Waals surface area contributed by atoms with E-state index in [4.69, 9.17) is 21.7 Å². The van der Waals surface area contributed by atoms with Crippen LogP contribution in [-0.2, 0) is 26.6 Å². The molecule has 33 heavy (non-hydrogen) atoms. The third-order valence-corrected chi connectivity index (χ3v) is 6.46. The summed E-state index contributed by atoms with van der Waals surface area (Å²) in [5.41, 5.74) is 4.92. The van der Waals surface area contributed by atoms with Crippen molar-refractivity contribution in [2.45, 2.75) is 39.3 Å². The average molecular weight is 473 g/mol. The van der Waals surface area contributed by atoms with Crippen molar-refractivity contribution in [2.24, 2.45) is 7.05 Å². The molecule has 8 heteroatoms. The van der Waals surface area contributed by atoms with Gasteiger partial charge < -0.3 is 29.2 Å². The Morgan fingerprint density at radius 2 is 1.85 bits per heavy atom. The van der Waals surface area contributed by atoms with Crippen LogP contribution in [0.5, 0.6) is 11.5 Å². The summed E-state index contributed by atoms with van der Waals surface area (Å²) in [5, 5.41) is 4.05. The molecule has 0 fully saturated rings. The fourth-order valence-electron chi connectivity index (χ4n) is 4.32. The molecule has 0 atom stereocenters. The van der Waals surface area contributed by atoms with Crippen LogP contribution >= 0.6 is 12.2 Å². The van der Waals surface area contributed by atoms with Gasteiger partial charge >= 0.3 is 0 Å². The minimum atomic E-state index is 0.0259. The quantitative estimate of drug-likeness (QED) is 0.468. The van der Waals surface area contributed by atoms with E-state index in [2.05, 4.69) is 22.0 Å². The van der Waals surface area contributed by atoms with E-state index in [9.17, 15) is 4.79 Å². The van der Waals surface area contributed by atoms with Crippen molar-refractivity contribution in [1.29, 1.82) is 0 Å². The Morgan fingerprint density at radius 1 is 1.18 bits per heavy atom. The van der Waals surface area contributed by atoms with Gasteiger partial charge in [0.05, 0.1) is 26.3 Å². The van der Waals surface area contributed by atoms with Crippen molar-refractivity contribution in [3.05, 3.63) is 45.4 Å². The number of hydrogen-bond donors (Lipinski definition) is 1. The van der Waals surface area contributed by atoms with Gasteiger partial charge in [-0.05, 0) is 62.4 Å². The van der Waals surface area contributed by atoms with Crippen molar-refractivity contribution in [3.8, 4) is 22.6 Å². The van der Waals surface area contributed by atoms with Crippen LogP contribution in [0.15, 0.2) is 23.1 Å². The Kier molecular flexibility index (Phi) is 8.37. The maximum Gasteiger partial charge on any atom is 0.255 e. The van der Waals surface area contributed by atoms with Crippen LogP contribution in [0, 0.1) is 0 Å². The molecule has 0 saturated heterocycles. The summed E-state index contributed by atoms with van der Waals surface area (Å²) in [5.74, 6) is 1.55. The number of aryl methyl sites for hydroxylation is 1. The number of methoxy groups -OCH3 is 2. The predicted octanol–water partition coefficient (Wildman–Crippen LogP) is 3.16. The maximum absolute atomic E-state index is 13.1. The zero-order chi connectivity index (χ0) is 24.1. The lowest BCUT2D eigenvalue weighted by Gasteiger charge is -2.32. The SMILES string of the molecule is CCCCNC(=S)N1CCc2c(-c3cc(OC)c(CN(C)C)c(OC)c3)cn(C)c(=O)c2C1. The third-order valence-electron chi connectivity index (χ3n) is 6.06. The van der Waals surface area contributed by atoms with E-state index >= 15 is 0 Å². The lowest BCUT2D eigenvalue weighted by Crippen LogP contribution is -2.45. The fraction of sp³-hybridized carbons (Fsp3) is 0.520. The smallest absolute Gasteiger partial charge is 0.255 e. The fourth-order valence-corrected chi connectivity index (χ4v) is 4.58. The van der Waals surface area contributed by atoms with E-state index in [1.807, 2.05) is 32.4 Å². The molecule has 1 aromatic heterocycles. The van der Waals surface area contributed by atoms with Gasteiger partial charge in [-0.15, -0.1) is 0 Å². The molecule has 0 spiro atoms. The minimum absolute atomic E-state index is 0.0259. The van der Waals surface area contributed by atoms with Crippen LogP contribution in [-0.4, -0.2) is 60.9 Å². The average Bonchev–Trinajstić information content (AvgIpc) is 2.81. The first kappa shape index (κ1) is 25.1. The predicted molar refractivity (Wildman–Crippen MR) is 137 cm³/mol. The van der Waals surface area contributed by atoms with Gasteiger partial charge in [0.2, 0.25) is 0 Å². The first-order valence-corrected chi connectivity index (χ1v) is 11.9. The van der Waals surface area contributed by atoms with Gasteiger partial charge in [-0.1, -0.05) is 13.3 Å².